The van der Waals surface area contributed by atoms with Crippen molar-refractivity contribution < 1.29 is 21.9 Å². The summed E-state index contributed by atoms with van der Waals surface area (Å²) in [5, 5.41) is 4.24. The normalized spacial score (nSPS) is 14.6. The number of pyridine rings is 1. The Kier molecular flexibility index (Phi) is 8.85. The third kappa shape index (κ3) is 6.72. The highest BCUT2D eigenvalue weighted by molar-refractivity contribution is 7.92. The topological polar surface area (TPSA) is 118 Å². The fraction of sp³-hybridized carbons (Fsp3) is 0.333. The predicted octanol–water partition coefficient (Wildman–Crippen LogP) is 4.76. The molecule has 0 bridgehead atoms. The highest BCUT2D eigenvalue weighted by atomic mass is 35.5. The van der Waals surface area contributed by atoms with E-state index >= 15 is 0 Å². The number of nitrogens with zero attached hydrogens (tertiary/aromatic N) is 7. The molecule has 0 spiro atoms. The highest BCUT2D eigenvalue weighted by Crippen LogP contribution is 2.43. The molecule has 43 heavy (non-hydrogen) atoms. The van der Waals surface area contributed by atoms with E-state index < -0.39 is 21.4 Å². The average molecular weight is 651 g/mol. The van der Waals surface area contributed by atoms with Crippen molar-refractivity contribution in [3.8, 4) is 22.9 Å². The summed E-state index contributed by atoms with van der Waals surface area (Å²) in [5.74, 6) is -0.170. The molecule has 0 radical (unpaired) electrons. The van der Waals surface area contributed by atoms with Crippen molar-refractivity contribution >= 4 is 42.5 Å². The average Bonchev–Trinajstić information content (AvgIpc) is 3.41. The van der Waals surface area contributed by atoms with Gasteiger partial charge >= 0.3 is 5.66 Å². The van der Waals surface area contributed by atoms with Crippen LogP contribution in [0.1, 0.15) is 18.2 Å². The number of ether oxygens (including phenoxy) is 1. The van der Waals surface area contributed by atoms with Gasteiger partial charge in [0.15, 0.2) is 0 Å². The lowest BCUT2D eigenvalue weighted by Gasteiger charge is -2.34. The summed E-state index contributed by atoms with van der Waals surface area (Å²) >= 11 is 6.84. The third-order valence-corrected chi connectivity index (χ3v) is 8.85. The Morgan fingerprint density at radius 3 is 2.51 bits per heavy atom. The minimum Gasteiger partial charge on any atom is -0.437 e. The zero-order chi connectivity index (χ0) is 30.9. The summed E-state index contributed by atoms with van der Waals surface area (Å²) in [6.07, 6.45) is 3.97. The van der Waals surface area contributed by atoms with Crippen LogP contribution in [0.3, 0.4) is 0 Å². The van der Waals surface area contributed by atoms with Crippen LogP contribution in [0.4, 0.5) is 20.4 Å². The summed E-state index contributed by atoms with van der Waals surface area (Å²) in [6.45, 7) is 5.05. The zero-order valence-electron chi connectivity index (χ0n) is 23.6. The maximum Gasteiger partial charge on any atom is 0.300 e. The van der Waals surface area contributed by atoms with Crippen LogP contribution in [-0.4, -0.2) is 71.3 Å². The van der Waals surface area contributed by atoms with E-state index in [1.807, 2.05) is 6.07 Å². The fourth-order valence-electron chi connectivity index (χ4n) is 4.69. The highest BCUT2D eigenvalue weighted by Gasteiger charge is 2.32. The van der Waals surface area contributed by atoms with Crippen molar-refractivity contribution in [1.29, 1.82) is 0 Å². The van der Waals surface area contributed by atoms with E-state index in [4.69, 9.17) is 16.3 Å². The number of benzene rings is 1. The molecule has 228 valence electrons. The van der Waals surface area contributed by atoms with Crippen LogP contribution in [0.2, 0.25) is 5.02 Å². The minimum absolute atomic E-state index is 0.00860. The Morgan fingerprint density at radius 2 is 1.86 bits per heavy atom. The van der Waals surface area contributed by atoms with Crippen LogP contribution < -0.4 is 14.4 Å². The van der Waals surface area contributed by atoms with Crippen molar-refractivity contribution in [2.24, 2.45) is 7.05 Å². The lowest BCUT2D eigenvalue weighted by molar-refractivity contribution is 0.0993. The summed E-state index contributed by atoms with van der Waals surface area (Å²) in [7, 11) is 0.908. The van der Waals surface area contributed by atoms with Gasteiger partial charge in [0, 0.05) is 56.7 Å². The maximum absolute atomic E-state index is 14.7. The molecule has 1 atom stereocenters. The quantitative estimate of drug-likeness (QED) is 0.256. The molecule has 1 unspecified atom stereocenters. The van der Waals surface area contributed by atoms with Gasteiger partial charge in [-0.25, -0.2) is 18.1 Å². The maximum atomic E-state index is 14.7. The number of alkyl halides is 2. The second kappa shape index (κ2) is 12.3. The van der Waals surface area contributed by atoms with Crippen LogP contribution in [-0.2, 0) is 29.2 Å². The van der Waals surface area contributed by atoms with Gasteiger partial charge in [0.25, 0.3) is 10.0 Å². The zero-order valence-corrected chi connectivity index (χ0v) is 26.4. The van der Waals surface area contributed by atoms with Crippen LogP contribution in [0.15, 0.2) is 53.8 Å². The second-order valence-electron chi connectivity index (χ2n) is 9.99. The Balaban J connectivity index is 1.64. The van der Waals surface area contributed by atoms with Crippen LogP contribution in [0, 0.1) is 0 Å². The number of hydrogen-bond acceptors (Lipinski definition) is 9. The molecule has 5 rings (SSSR count). The molecule has 1 aliphatic heterocycles. The van der Waals surface area contributed by atoms with E-state index in [-0.39, 0.29) is 40.2 Å². The first-order chi connectivity index (χ1) is 20.4. The molecule has 4 aromatic rings. The smallest absolute Gasteiger partial charge is 0.300 e. The molecule has 1 aliphatic rings. The van der Waals surface area contributed by atoms with Crippen LogP contribution in [0.25, 0.3) is 11.3 Å². The van der Waals surface area contributed by atoms with E-state index in [0.717, 1.165) is 31.9 Å². The molecule has 0 amide bonds. The van der Waals surface area contributed by atoms with Gasteiger partial charge < -0.3 is 14.5 Å². The first-order valence-electron chi connectivity index (χ1n) is 13.3. The Hall–Kier alpha value is -3.45. The number of halogens is 3. The monoisotopic (exact) mass is 650 g/mol. The predicted molar refractivity (Wildman–Crippen MR) is 163 cm³/mol. The molecule has 1 fully saturated rings. The summed E-state index contributed by atoms with van der Waals surface area (Å²) in [5.41, 5.74) is -2.80. The molecule has 0 saturated carbocycles. The molecule has 4 heterocycles. The number of likely N-dealkylation sites (N-methyl/N-ethyl adjacent to an activating group) is 1. The third-order valence-electron chi connectivity index (χ3n) is 6.91. The number of piperazine rings is 1. The van der Waals surface area contributed by atoms with Gasteiger partial charge in [-0.3, -0.25) is 9.67 Å². The number of nitrogens with one attached hydrogen (secondary N) is 1. The minimum atomic E-state index is -4.19. The molecule has 1 saturated heterocycles. The number of hydrogen-bond donors (Lipinski definition) is 1. The number of anilines is 2. The molecule has 1 N–H and O–H groups in total. The second-order valence-corrected chi connectivity index (χ2v) is 12.8. The summed E-state index contributed by atoms with van der Waals surface area (Å²) in [6, 6.07) is 8.28. The fourth-order valence-corrected chi connectivity index (χ4v) is 6.13. The van der Waals surface area contributed by atoms with Crippen molar-refractivity contribution in [2.45, 2.75) is 23.9 Å². The standard InChI is InChI=1S/C27H30ClF2N8O3PS/c1-4-18-23(19-7-6-10-31-24(19)27(29,30)42)33-26(35-43(39,40)17-15-32-37(3)16-17)34-25(18)41-21-9-5-8-20(22(21)28)38-13-11-36(2)12-14-38/h5-10,15-16H,4,11-14,42H2,1-3H3,(H,33,34,35). The largest absolute Gasteiger partial charge is 0.437 e. The van der Waals surface area contributed by atoms with E-state index in [9.17, 15) is 17.2 Å². The molecular weight excluding hydrogens is 621 g/mol. The molecule has 16 heteroatoms. The first kappa shape index (κ1) is 31.0. The van der Waals surface area contributed by atoms with E-state index in [1.54, 1.807) is 26.1 Å². The number of aromatic nitrogens is 5. The SMILES string of the molecule is CCc1c(Oc2cccc(N3CCN(C)CC3)c2Cl)nc(NS(=O)(=O)c2cnn(C)c2)nc1-c1cccnc1C(F)(F)P. The Bertz CT molecular complexity index is 1740. The van der Waals surface area contributed by atoms with E-state index in [0.29, 0.717) is 10.6 Å². The van der Waals surface area contributed by atoms with Gasteiger partial charge in [0.1, 0.15) is 21.4 Å². The number of sulfonamides is 1. The summed E-state index contributed by atoms with van der Waals surface area (Å²) in [4.78, 5) is 16.9. The summed E-state index contributed by atoms with van der Waals surface area (Å²) < 4.78 is 65.5. The van der Waals surface area contributed by atoms with Crippen molar-refractivity contribution in [2.75, 3.05) is 42.8 Å². The molecule has 1 aromatic carbocycles. The van der Waals surface area contributed by atoms with Gasteiger partial charge in [-0.15, -0.1) is 0 Å². The lowest BCUT2D eigenvalue weighted by atomic mass is 10.0. The molecule has 0 aliphatic carbocycles. The Morgan fingerprint density at radius 1 is 1.12 bits per heavy atom. The van der Waals surface area contributed by atoms with Crippen molar-refractivity contribution in [1.82, 2.24) is 29.6 Å². The molecule has 11 nitrogen and oxygen atoms in total. The number of aryl methyl sites for hydroxylation is 1. The van der Waals surface area contributed by atoms with Gasteiger partial charge in [0.2, 0.25) is 11.8 Å². The van der Waals surface area contributed by atoms with Gasteiger partial charge in [-0.1, -0.05) is 33.8 Å². The van der Waals surface area contributed by atoms with E-state index in [2.05, 4.69) is 41.6 Å². The van der Waals surface area contributed by atoms with Crippen LogP contribution in [0.5, 0.6) is 11.6 Å². The van der Waals surface area contributed by atoms with Gasteiger partial charge in [-0.2, -0.15) is 18.9 Å². The van der Waals surface area contributed by atoms with Gasteiger partial charge in [0.05, 0.1) is 17.6 Å². The first-order valence-corrected chi connectivity index (χ1v) is 15.8. The Labute approximate surface area is 255 Å². The van der Waals surface area contributed by atoms with Crippen molar-refractivity contribution in [3.63, 3.8) is 0 Å². The van der Waals surface area contributed by atoms with Crippen molar-refractivity contribution in [3.05, 3.63) is 65.2 Å². The lowest BCUT2D eigenvalue weighted by Crippen LogP contribution is -2.44. The molecular formula is C27H30ClF2N8O3PS. The molecule has 3 aromatic heterocycles. The van der Waals surface area contributed by atoms with Gasteiger partial charge in [-0.05, 0) is 37.7 Å². The number of rotatable bonds is 9. The van der Waals surface area contributed by atoms with Crippen LogP contribution >= 0.6 is 20.8 Å². The van der Waals surface area contributed by atoms with E-state index in [1.165, 1.54) is 44.6 Å².